The Morgan fingerprint density at radius 3 is 1.35 bits per heavy atom. The largest absolute Gasteiger partial charge is 0.472 e. The molecule has 0 bridgehead atoms. The van der Waals surface area contributed by atoms with Crippen molar-refractivity contribution in [1.82, 2.24) is 0 Å². The Bertz CT molecular complexity index is 843. The number of hydrogen-bond acceptors (Lipinski definition) is 7. The van der Waals surface area contributed by atoms with Gasteiger partial charge in [0.05, 0.1) is 19.8 Å². The average molecular weight is 788 g/mol. The SMILES string of the molecule is CCCCCCCCC/C=C\CCCCCCCCCC(=O)OC(COCCCCCCCCCCCCCCCCCCC)COP(=O)(O)OCCN. The van der Waals surface area contributed by atoms with E-state index in [4.69, 9.17) is 24.3 Å². The van der Waals surface area contributed by atoms with Crippen LogP contribution in [0.5, 0.6) is 0 Å². The fraction of sp³-hybridized carbons (Fsp3) is 0.933. The molecule has 0 aliphatic rings. The van der Waals surface area contributed by atoms with E-state index in [-0.39, 0.29) is 32.3 Å². The first kappa shape index (κ1) is 53.2. The van der Waals surface area contributed by atoms with Crippen LogP contribution >= 0.6 is 7.82 Å². The molecule has 0 aliphatic heterocycles. The summed E-state index contributed by atoms with van der Waals surface area (Å²) in [5.74, 6) is -0.330. The van der Waals surface area contributed by atoms with Gasteiger partial charge in [0.2, 0.25) is 0 Å². The molecule has 0 amide bonds. The van der Waals surface area contributed by atoms with Crippen LogP contribution < -0.4 is 5.73 Å². The van der Waals surface area contributed by atoms with Crippen LogP contribution in [-0.2, 0) is 27.9 Å². The van der Waals surface area contributed by atoms with E-state index in [1.807, 2.05) is 0 Å². The van der Waals surface area contributed by atoms with Crippen LogP contribution in [0.25, 0.3) is 0 Å². The molecule has 0 aliphatic carbocycles. The standard InChI is InChI=1S/C45H90NO7P/c1-3-5-7-9-11-13-15-17-19-21-22-24-26-28-30-32-34-36-38-45(47)53-44(43-52-54(48,49)51-41-39-46)42-50-40-37-35-33-31-29-27-25-23-20-18-16-14-12-10-8-6-4-2/h19,21,44H,3-18,20,22-43,46H2,1-2H3,(H,48,49)/b21-19-. The van der Waals surface area contributed by atoms with E-state index in [2.05, 4.69) is 26.0 Å². The summed E-state index contributed by atoms with van der Waals surface area (Å²) < 4.78 is 33.5. The molecule has 0 saturated carbocycles. The topological polar surface area (TPSA) is 117 Å². The monoisotopic (exact) mass is 788 g/mol. The molecule has 0 saturated heterocycles. The summed E-state index contributed by atoms with van der Waals surface area (Å²) in [6.45, 7) is 4.97. The van der Waals surface area contributed by atoms with E-state index in [1.54, 1.807) is 0 Å². The van der Waals surface area contributed by atoms with Crippen molar-refractivity contribution >= 4 is 13.8 Å². The van der Waals surface area contributed by atoms with E-state index in [0.717, 1.165) is 32.1 Å². The summed E-state index contributed by atoms with van der Waals surface area (Å²) in [6, 6.07) is 0. The highest BCUT2D eigenvalue weighted by molar-refractivity contribution is 7.47. The lowest BCUT2D eigenvalue weighted by atomic mass is 10.0. The molecule has 0 radical (unpaired) electrons. The molecule has 322 valence electrons. The lowest BCUT2D eigenvalue weighted by molar-refractivity contribution is -0.154. The molecule has 9 heteroatoms. The Morgan fingerprint density at radius 1 is 0.537 bits per heavy atom. The maximum atomic E-state index is 12.6. The van der Waals surface area contributed by atoms with Crippen molar-refractivity contribution < 1.29 is 32.8 Å². The Balaban J connectivity index is 3.97. The Labute approximate surface area is 334 Å². The fourth-order valence-electron chi connectivity index (χ4n) is 6.76. The van der Waals surface area contributed by atoms with E-state index in [9.17, 15) is 14.3 Å². The van der Waals surface area contributed by atoms with E-state index in [1.165, 1.54) is 180 Å². The third-order valence-electron chi connectivity index (χ3n) is 10.2. The molecule has 0 heterocycles. The minimum Gasteiger partial charge on any atom is -0.457 e. The van der Waals surface area contributed by atoms with Crippen molar-refractivity contribution in [2.75, 3.05) is 33.0 Å². The lowest BCUT2D eigenvalue weighted by Crippen LogP contribution is -2.28. The molecule has 0 aromatic heterocycles. The molecule has 2 atom stereocenters. The summed E-state index contributed by atoms with van der Waals surface area (Å²) in [7, 11) is -4.27. The normalized spacial score (nSPS) is 13.5. The molecule has 0 aromatic rings. The van der Waals surface area contributed by atoms with Gasteiger partial charge < -0.3 is 20.1 Å². The van der Waals surface area contributed by atoms with Crippen molar-refractivity contribution in [1.29, 1.82) is 0 Å². The zero-order valence-electron chi connectivity index (χ0n) is 35.7. The van der Waals surface area contributed by atoms with Gasteiger partial charge in [0, 0.05) is 19.6 Å². The van der Waals surface area contributed by atoms with Crippen molar-refractivity contribution in [2.24, 2.45) is 5.73 Å². The zero-order chi connectivity index (χ0) is 39.5. The summed E-state index contributed by atoms with van der Waals surface area (Å²) in [5.41, 5.74) is 5.38. The van der Waals surface area contributed by atoms with Crippen molar-refractivity contribution in [3.8, 4) is 0 Å². The third-order valence-corrected chi connectivity index (χ3v) is 11.2. The molecule has 8 nitrogen and oxygen atoms in total. The Morgan fingerprint density at radius 2 is 0.926 bits per heavy atom. The first-order valence-electron chi connectivity index (χ1n) is 23.2. The van der Waals surface area contributed by atoms with Gasteiger partial charge >= 0.3 is 13.8 Å². The smallest absolute Gasteiger partial charge is 0.457 e. The number of esters is 1. The minimum atomic E-state index is -4.27. The molecule has 2 unspecified atom stereocenters. The number of carbonyl (C=O) groups excluding carboxylic acids is 1. The second-order valence-corrected chi connectivity index (χ2v) is 17.1. The van der Waals surface area contributed by atoms with Gasteiger partial charge in [-0.05, 0) is 38.5 Å². The number of allylic oxidation sites excluding steroid dienone is 2. The summed E-state index contributed by atoms with van der Waals surface area (Å²) in [6.07, 6.45) is 46.6. The van der Waals surface area contributed by atoms with Gasteiger partial charge in [0.25, 0.3) is 0 Å². The van der Waals surface area contributed by atoms with Gasteiger partial charge in [0.1, 0.15) is 6.10 Å². The number of ether oxygens (including phenoxy) is 2. The molecule has 54 heavy (non-hydrogen) atoms. The first-order chi connectivity index (χ1) is 26.4. The van der Waals surface area contributed by atoms with Crippen LogP contribution in [0.1, 0.15) is 232 Å². The van der Waals surface area contributed by atoms with Gasteiger partial charge in [0.15, 0.2) is 0 Å². The number of unbranched alkanes of at least 4 members (excludes halogenated alkanes) is 30. The second-order valence-electron chi connectivity index (χ2n) is 15.6. The number of carbonyl (C=O) groups is 1. The van der Waals surface area contributed by atoms with Gasteiger partial charge in [-0.3, -0.25) is 13.8 Å². The second kappa shape index (κ2) is 43.4. The van der Waals surface area contributed by atoms with Gasteiger partial charge in [-0.15, -0.1) is 0 Å². The number of rotatable bonds is 45. The van der Waals surface area contributed by atoms with E-state index >= 15 is 0 Å². The summed E-state index contributed by atoms with van der Waals surface area (Å²) in [4.78, 5) is 22.5. The summed E-state index contributed by atoms with van der Waals surface area (Å²) >= 11 is 0. The first-order valence-corrected chi connectivity index (χ1v) is 24.7. The quantitative estimate of drug-likeness (QED) is 0.0271. The van der Waals surface area contributed by atoms with Crippen LogP contribution in [0.2, 0.25) is 0 Å². The molecular weight excluding hydrogens is 697 g/mol. The van der Waals surface area contributed by atoms with Crippen LogP contribution in [0.4, 0.5) is 0 Å². The Hall–Kier alpha value is -0.760. The van der Waals surface area contributed by atoms with Crippen molar-refractivity contribution in [2.45, 2.75) is 238 Å². The van der Waals surface area contributed by atoms with Crippen LogP contribution in [-0.4, -0.2) is 49.9 Å². The number of hydrogen-bond donors (Lipinski definition) is 2. The number of nitrogens with two attached hydrogens (primary N) is 1. The van der Waals surface area contributed by atoms with E-state index in [0.29, 0.717) is 13.0 Å². The molecule has 3 N–H and O–H groups in total. The highest BCUT2D eigenvalue weighted by atomic mass is 31.2. The van der Waals surface area contributed by atoms with Gasteiger partial charge in [-0.25, -0.2) is 4.57 Å². The van der Waals surface area contributed by atoms with Gasteiger partial charge in [-0.1, -0.05) is 199 Å². The highest BCUT2D eigenvalue weighted by Crippen LogP contribution is 2.43. The van der Waals surface area contributed by atoms with Crippen LogP contribution in [0.3, 0.4) is 0 Å². The highest BCUT2D eigenvalue weighted by Gasteiger charge is 2.25. The molecule has 0 spiro atoms. The number of phosphoric ester groups is 1. The third kappa shape index (κ3) is 42.4. The average Bonchev–Trinajstić information content (AvgIpc) is 3.16. The minimum absolute atomic E-state index is 0.0928. The maximum absolute atomic E-state index is 12.6. The van der Waals surface area contributed by atoms with E-state index < -0.39 is 13.9 Å². The Kier molecular flexibility index (Phi) is 42.8. The lowest BCUT2D eigenvalue weighted by Gasteiger charge is -2.20. The maximum Gasteiger partial charge on any atom is 0.472 e. The fourth-order valence-corrected chi connectivity index (χ4v) is 7.52. The number of phosphoric acid groups is 1. The van der Waals surface area contributed by atoms with Crippen molar-refractivity contribution in [3.63, 3.8) is 0 Å². The molecule has 0 aromatic carbocycles. The summed E-state index contributed by atoms with van der Waals surface area (Å²) in [5, 5.41) is 0. The van der Waals surface area contributed by atoms with Crippen LogP contribution in [0, 0.1) is 0 Å². The predicted octanol–water partition coefficient (Wildman–Crippen LogP) is 13.9. The van der Waals surface area contributed by atoms with Crippen molar-refractivity contribution in [3.05, 3.63) is 12.2 Å². The van der Waals surface area contributed by atoms with Crippen LogP contribution in [0.15, 0.2) is 12.2 Å². The molecule has 0 rings (SSSR count). The molecule has 0 fully saturated rings. The predicted molar refractivity (Wildman–Crippen MR) is 229 cm³/mol. The van der Waals surface area contributed by atoms with Gasteiger partial charge in [-0.2, -0.15) is 0 Å². The molecular formula is C45H90NO7P. The zero-order valence-corrected chi connectivity index (χ0v) is 36.6.